The van der Waals surface area contributed by atoms with Gasteiger partial charge in [-0.3, -0.25) is 10.3 Å². The van der Waals surface area contributed by atoms with Crippen LogP contribution in [0.3, 0.4) is 0 Å². The van der Waals surface area contributed by atoms with Gasteiger partial charge < -0.3 is 19.3 Å². The first-order valence-corrected chi connectivity index (χ1v) is 13.7. The van der Waals surface area contributed by atoms with Crippen LogP contribution in [0.1, 0.15) is 25.1 Å². The van der Waals surface area contributed by atoms with Gasteiger partial charge >= 0.3 is 6.09 Å². The van der Waals surface area contributed by atoms with E-state index in [1.807, 2.05) is 19.1 Å². The van der Waals surface area contributed by atoms with Crippen LogP contribution in [0.5, 0.6) is 11.6 Å². The quantitative estimate of drug-likeness (QED) is 0.227. The fraction of sp³-hybridized carbons (Fsp3) is 0.276. The largest absolute Gasteiger partial charge is 0.484 e. The Bertz CT molecular complexity index is 1710. The highest BCUT2D eigenvalue weighted by molar-refractivity contribution is 7.21. The number of nitrogens with one attached hydrogen (secondary N) is 1. The van der Waals surface area contributed by atoms with Crippen LogP contribution in [0.15, 0.2) is 48.8 Å². The van der Waals surface area contributed by atoms with Crippen molar-refractivity contribution in [1.29, 1.82) is 0 Å². The third-order valence-electron chi connectivity index (χ3n) is 6.36. The highest BCUT2D eigenvalue weighted by Gasteiger charge is 2.22. The van der Waals surface area contributed by atoms with Gasteiger partial charge in [-0.1, -0.05) is 0 Å². The Morgan fingerprint density at radius 1 is 1.07 bits per heavy atom. The molecule has 0 aliphatic rings. The number of methoxy groups -OCH3 is 1. The first-order chi connectivity index (χ1) is 19.7. The second-order valence-electron chi connectivity index (χ2n) is 9.43. The molecule has 2 aromatic carbocycles. The van der Waals surface area contributed by atoms with Crippen LogP contribution in [-0.4, -0.2) is 57.1 Å². The van der Waals surface area contributed by atoms with Crippen molar-refractivity contribution in [2.75, 3.05) is 19.0 Å². The molecular formula is C29H28FN5O5S. The summed E-state index contributed by atoms with van der Waals surface area (Å²) in [5.74, 6) is -0.138. The number of benzene rings is 2. The molecule has 212 valence electrons. The van der Waals surface area contributed by atoms with Crippen LogP contribution >= 0.6 is 11.3 Å². The molecule has 0 unspecified atom stereocenters. The first-order valence-electron chi connectivity index (χ1n) is 12.9. The summed E-state index contributed by atoms with van der Waals surface area (Å²) in [5, 5.41) is 12.3. The van der Waals surface area contributed by atoms with E-state index < -0.39 is 24.1 Å². The molecule has 0 fully saturated rings. The molecule has 3 heterocycles. The van der Waals surface area contributed by atoms with Crippen LogP contribution < -0.4 is 14.8 Å². The smallest absolute Gasteiger partial charge is 0.412 e. The second-order valence-corrected chi connectivity index (χ2v) is 10.5. The molecule has 0 bridgehead atoms. The summed E-state index contributed by atoms with van der Waals surface area (Å²) in [6, 6.07) is 10.2. The summed E-state index contributed by atoms with van der Waals surface area (Å²) in [7, 11) is 1.54. The van der Waals surface area contributed by atoms with Crippen LogP contribution in [0.25, 0.3) is 31.8 Å². The maximum atomic E-state index is 15.1. The average molecular weight is 578 g/mol. The van der Waals surface area contributed by atoms with E-state index in [2.05, 4.69) is 25.3 Å². The standard InChI is InChI=1S/C29H28FN5O5S/c1-15-9-20(27-23(10-15)34-26(38-4)14-32-27)28-35-22-11-21(30)24(12-25(22)41-28)39-16(2)17(3)40-29(37)33-19-6-5-18(7-8-36)31-13-19/h5-6,9-14,16-17,36H,7-8H2,1-4H3,(H,33,37)/t16-,17+/m0/s1. The number of aromatic nitrogens is 4. The van der Waals surface area contributed by atoms with E-state index >= 15 is 4.39 Å². The molecule has 5 rings (SSSR count). The fourth-order valence-electron chi connectivity index (χ4n) is 4.11. The number of hydrogen-bond donors (Lipinski definition) is 2. The Morgan fingerprint density at radius 3 is 2.63 bits per heavy atom. The second kappa shape index (κ2) is 12.0. The van der Waals surface area contributed by atoms with Gasteiger partial charge in [0.15, 0.2) is 11.6 Å². The van der Waals surface area contributed by atoms with Crippen LogP contribution in [0, 0.1) is 12.7 Å². The number of ether oxygens (including phenoxy) is 3. The van der Waals surface area contributed by atoms with Crippen molar-refractivity contribution in [3.8, 4) is 22.2 Å². The number of thiazole rings is 1. The number of aryl methyl sites for hydroxylation is 1. The molecule has 10 nitrogen and oxygen atoms in total. The lowest BCUT2D eigenvalue weighted by Crippen LogP contribution is -2.32. The number of anilines is 1. The maximum Gasteiger partial charge on any atom is 0.412 e. The Labute approximate surface area is 239 Å². The number of aliphatic hydroxyl groups is 1. The zero-order chi connectivity index (χ0) is 29.1. The van der Waals surface area contributed by atoms with Crippen molar-refractivity contribution in [2.45, 2.75) is 39.4 Å². The van der Waals surface area contributed by atoms with Gasteiger partial charge in [-0.15, -0.1) is 11.3 Å². The number of hydrogen-bond acceptors (Lipinski definition) is 10. The van der Waals surface area contributed by atoms with Gasteiger partial charge in [0.05, 0.1) is 46.4 Å². The predicted octanol–water partition coefficient (Wildman–Crippen LogP) is 5.70. The van der Waals surface area contributed by atoms with Gasteiger partial charge in [0.25, 0.3) is 0 Å². The third-order valence-corrected chi connectivity index (χ3v) is 7.41. The molecule has 0 spiro atoms. The molecule has 2 N–H and O–H groups in total. The predicted molar refractivity (Wildman–Crippen MR) is 154 cm³/mol. The Balaban J connectivity index is 1.30. The Kier molecular flexibility index (Phi) is 8.22. The van der Waals surface area contributed by atoms with Gasteiger partial charge in [0.1, 0.15) is 17.2 Å². The van der Waals surface area contributed by atoms with Gasteiger partial charge in [-0.2, -0.15) is 0 Å². The van der Waals surface area contributed by atoms with Crippen LogP contribution in [0.2, 0.25) is 0 Å². The zero-order valence-electron chi connectivity index (χ0n) is 22.8. The topological polar surface area (TPSA) is 129 Å². The number of carbonyl (C=O) groups excluding carboxylic acids is 1. The molecule has 0 saturated heterocycles. The van der Waals surface area contributed by atoms with E-state index in [0.717, 1.165) is 15.8 Å². The minimum Gasteiger partial charge on any atom is -0.484 e. The number of amides is 1. The van der Waals surface area contributed by atoms with Crippen LogP contribution in [-0.2, 0) is 11.2 Å². The third kappa shape index (κ3) is 6.34. The fourth-order valence-corrected chi connectivity index (χ4v) is 5.11. The minimum absolute atomic E-state index is 0.00990. The number of nitrogens with zero attached hydrogens (tertiary/aromatic N) is 4. The lowest BCUT2D eigenvalue weighted by molar-refractivity contribution is 0.0402. The summed E-state index contributed by atoms with van der Waals surface area (Å²) in [5.41, 5.74) is 4.75. The normalized spacial score (nSPS) is 12.7. The van der Waals surface area contributed by atoms with Crippen molar-refractivity contribution in [2.24, 2.45) is 0 Å². The summed E-state index contributed by atoms with van der Waals surface area (Å²) in [6.07, 6.45) is 1.41. The summed E-state index contributed by atoms with van der Waals surface area (Å²) in [6.45, 7) is 5.30. The zero-order valence-corrected chi connectivity index (χ0v) is 23.7. The lowest BCUT2D eigenvalue weighted by atomic mass is 10.1. The lowest BCUT2D eigenvalue weighted by Gasteiger charge is -2.22. The molecule has 12 heteroatoms. The van der Waals surface area contributed by atoms with Gasteiger partial charge in [0.2, 0.25) is 5.88 Å². The molecular weight excluding hydrogens is 549 g/mol. The molecule has 5 aromatic rings. The summed E-state index contributed by atoms with van der Waals surface area (Å²) >= 11 is 1.39. The molecule has 2 atom stereocenters. The van der Waals surface area contributed by atoms with E-state index in [1.165, 1.54) is 30.7 Å². The number of carbonyl (C=O) groups is 1. The average Bonchev–Trinajstić information content (AvgIpc) is 3.35. The van der Waals surface area contributed by atoms with E-state index in [-0.39, 0.29) is 12.4 Å². The van der Waals surface area contributed by atoms with Crippen molar-refractivity contribution < 1.29 is 28.5 Å². The number of rotatable bonds is 9. The number of pyridine rings is 1. The Morgan fingerprint density at radius 2 is 1.90 bits per heavy atom. The molecule has 0 aliphatic carbocycles. The van der Waals surface area contributed by atoms with Crippen molar-refractivity contribution >= 4 is 44.4 Å². The molecule has 0 saturated carbocycles. The number of aliphatic hydroxyl groups excluding tert-OH is 1. The number of halogens is 1. The van der Waals surface area contributed by atoms with Gasteiger partial charge in [-0.25, -0.2) is 24.1 Å². The highest BCUT2D eigenvalue weighted by Crippen LogP contribution is 2.37. The van der Waals surface area contributed by atoms with Gasteiger partial charge in [0, 0.05) is 36.4 Å². The van der Waals surface area contributed by atoms with Crippen molar-refractivity contribution in [3.05, 3.63) is 65.9 Å². The highest BCUT2D eigenvalue weighted by atomic mass is 32.1. The number of fused-ring (bicyclic) bond motifs is 2. The van der Waals surface area contributed by atoms with E-state index in [9.17, 15) is 4.79 Å². The minimum atomic E-state index is -0.696. The Hall–Kier alpha value is -4.42. The molecule has 1 amide bonds. The SMILES string of the molecule is COc1cnc2c(-c3nc4cc(F)c(O[C@@H](C)[C@@H](C)OC(=O)Nc5ccc(CCO)nc5)cc4s3)cc(C)cc2n1. The van der Waals surface area contributed by atoms with Crippen LogP contribution in [0.4, 0.5) is 14.9 Å². The molecule has 41 heavy (non-hydrogen) atoms. The van der Waals surface area contributed by atoms with E-state index in [1.54, 1.807) is 38.2 Å². The molecule has 0 aliphatic heterocycles. The summed E-state index contributed by atoms with van der Waals surface area (Å²) in [4.78, 5) is 30.2. The van der Waals surface area contributed by atoms with Gasteiger partial charge in [-0.05, 0) is 50.6 Å². The van der Waals surface area contributed by atoms with E-state index in [4.69, 9.17) is 19.3 Å². The monoisotopic (exact) mass is 577 g/mol. The van der Waals surface area contributed by atoms with Crippen molar-refractivity contribution in [1.82, 2.24) is 19.9 Å². The first kappa shape index (κ1) is 28.1. The van der Waals surface area contributed by atoms with E-state index in [0.29, 0.717) is 45.2 Å². The van der Waals surface area contributed by atoms with Crippen molar-refractivity contribution in [3.63, 3.8) is 0 Å². The molecule has 3 aromatic heterocycles. The maximum absolute atomic E-state index is 15.1. The molecule has 0 radical (unpaired) electrons. The summed E-state index contributed by atoms with van der Waals surface area (Å²) < 4.78 is 32.3.